The number of benzene rings is 1. The highest BCUT2D eigenvalue weighted by Crippen LogP contribution is 2.15. The quantitative estimate of drug-likeness (QED) is 0.823. The molecule has 0 aliphatic rings. The lowest BCUT2D eigenvalue weighted by Gasteiger charge is -2.28. The Morgan fingerprint density at radius 2 is 2.00 bits per heavy atom. The van der Waals surface area contributed by atoms with E-state index in [1.54, 1.807) is 0 Å². The summed E-state index contributed by atoms with van der Waals surface area (Å²) in [4.78, 5) is 0. The summed E-state index contributed by atoms with van der Waals surface area (Å²) in [5, 5.41) is 17.6. The third kappa shape index (κ3) is 3.93. The molecule has 0 fully saturated rings. The number of hydrogen-bond acceptors (Lipinski definition) is 3. The molecule has 114 valence electrons. The summed E-state index contributed by atoms with van der Waals surface area (Å²) in [5.41, 5.74) is 3.01. The molecule has 4 heteroatoms. The molecule has 1 heterocycles. The van der Waals surface area contributed by atoms with Crippen LogP contribution in [0, 0.1) is 6.92 Å². The van der Waals surface area contributed by atoms with E-state index in [0.29, 0.717) is 0 Å². The highest BCUT2D eigenvalue weighted by Gasteiger charge is 2.21. The number of aliphatic hydroxyl groups is 1. The molecule has 0 bridgehead atoms. The number of hydrogen-bond donors (Lipinski definition) is 2. The SMILES string of the molecule is CCCC(C)(CO)NCc1cn(-c2ccccc2)nc1C. The predicted octanol–water partition coefficient (Wildman–Crippen LogP) is 2.82. The first-order valence-electron chi connectivity index (χ1n) is 7.54. The number of nitrogens with one attached hydrogen (secondary N) is 1. The van der Waals surface area contributed by atoms with Crippen LogP contribution in [-0.4, -0.2) is 27.0 Å². The fraction of sp³-hybridized carbons (Fsp3) is 0.471. The van der Waals surface area contributed by atoms with Crippen LogP contribution in [0.1, 0.15) is 37.9 Å². The Kier molecular flexibility index (Phi) is 5.15. The Balaban J connectivity index is 2.10. The van der Waals surface area contributed by atoms with Crippen molar-refractivity contribution >= 4 is 0 Å². The van der Waals surface area contributed by atoms with Crippen molar-refractivity contribution in [1.82, 2.24) is 15.1 Å². The maximum absolute atomic E-state index is 9.56. The molecule has 0 amide bonds. The van der Waals surface area contributed by atoms with Crippen molar-refractivity contribution in [3.8, 4) is 5.69 Å². The second-order valence-electron chi connectivity index (χ2n) is 5.84. The Hall–Kier alpha value is -1.65. The number of rotatable bonds is 7. The molecule has 21 heavy (non-hydrogen) atoms. The minimum Gasteiger partial charge on any atom is -0.394 e. The maximum Gasteiger partial charge on any atom is 0.0645 e. The zero-order valence-corrected chi connectivity index (χ0v) is 13.1. The maximum atomic E-state index is 9.56. The highest BCUT2D eigenvalue weighted by atomic mass is 16.3. The molecule has 0 saturated heterocycles. The van der Waals surface area contributed by atoms with Gasteiger partial charge in [-0.1, -0.05) is 31.5 Å². The molecule has 2 N–H and O–H groups in total. The van der Waals surface area contributed by atoms with Crippen LogP contribution in [0.3, 0.4) is 0 Å². The van der Waals surface area contributed by atoms with Crippen LogP contribution in [0.15, 0.2) is 36.5 Å². The number of para-hydroxylation sites is 1. The minimum atomic E-state index is -0.226. The summed E-state index contributed by atoms with van der Waals surface area (Å²) in [7, 11) is 0. The van der Waals surface area contributed by atoms with Gasteiger partial charge in [0.05, 0.1) is 18.0 Å². The van der Waals surface area contributed by atoms with Crippen LogP contribution < -0.4 is 5.32 Å². The van der Waals surface area contributed by atoms with Crippen molar-refractivity contribution in [2.45, 2.75) is 45.7 Å². The second kappa shape index (κ2) is 6.87. The van der Waals surface area contributed by atoms with Gasteiger partial charge >= 0.3 is 0 Å². The Morgan fingerprint density at radius 3 is 2.62 bits per heavy atom. The van der Waals surface area contributed by atoms with Crippen LogP contribution in [0.5, 0.6) is 0 Å². The van der Waals surface area contributed by atoms with E-state index < -0.39 is 0 Å². The van der Waals surface area contributed by atoms with Crippen LogP contribution >= 0.6 is 0 Å². The second-order valence-corrected chi connectivity index (χ2v) is 5.84. The van der Waals surface area contributed by atoms with Gasteiger partial charge in [0.25, 0.3) is 0 Å². The standard InChI is InChI=1S/C17H25N3O/c1-4-10-17(3,13-21)18-11-15-12-20(19-14(15)2)16-8-6-5-7-9-16/h5-9,12,18,21H,4,10-11,13H2,1-3H3. The molecule has 0 radical (unpaired) electrons. The average molecular weight is 287 g/mol. The number of nitrogens with zero attached hydrogens (tertiary/aromatic N) is 2. The number of aliphatic hydroxyl groups excluding tert-OH is 1. The molecule has 4 nitrogen and oxygen atoms in total. The first kappa shape index (κ1) is 15.7. The summed E-state index contributed by atoms with van der Waals surface area (Å²) < 4.78 is 1.91. The van der Waals surface area contributed by atoms with Gasteiger partial charge in [-0.2, -0.15) is 5.10 Å². The van der Waals surface area contributed by atoms with E-state index in [9.17, 15) is 5.11 Å². The van der Waals surface area contributed by atoms with Crippen LogP contribution in [0.25, 0.3) is 5.69 Å². The third-order valence-electron chi connectivity index (χ3n) is 3.88. The van der Waals surface area contributed by atoms with Gasteiger partial charge in [-0.15, -0.1) is 0 Å². The van der Waals surface area contributed by atoms with Gasteiger partial charge in [-0.05, 0) is 32.4 Å². The summed E-state index contributed by atoms with van der Waals surface area (Å²) in [5.74, 6) is 0. The molecule has 2 rings (SSSR count). The molecular weight excluding hydrogens is 262 g/mol. The lowest BCUT2D eigenvalue weighted by molar-refractivity contribution is 0.163. The van der Waals surface area contributed by atoms with Crippen molar-refractivity contribution in [3.63, 3.8) is 0 Å². The van der Waals surface area contributed by atoms with Gasteiger partial charge in [0.2, 0.25) is 0 Å². The van der Waals surface area contributed by atoms with E-state index in [4.69, 9.17) is 0 Å². The molecule has 0 spiro atoms. The van der Waals surface area contributed by atoms with Crippen LogP contribution in [0.2, 0.25) is 0 Å². The van der Waals surface area contributed by atoms with Gasteiger partial charge in [0, 0.05) is 23.8 Å². The Morgan fingerprint density at radius 1 is 1.29 bits per heavy atom. The molecule has 1 aromatic carbocycles. The topological polar surface area (TPSA) is 50.1 Å². The average Bonchev–Trinajstić information content (AvgIpc) is 2.88. The van der Waals surface area contributed by atoms with Crippen molar-refractivity contribution < 1.29 is 5.11 Å². The largest absolute Gasteiger partial charge is 0.394 e. The lowest BCUT2D eigenvalue weighted by atomic mass is 9.97. The molecule has 0 saturated carbocycles. The molecule has 2 aromatic rings. The van der Waals surface area contributed by atoms with Gasteiger partial charge in [-0.25, -0.2) is 4.68 Å². The summed E-state index contributed by atoms with van der Waals surface area (Å²) >= 11 is 0. The van der Waals surface area contributed by atoms with Crippen molar-refractivity contribution in [2.75, 3.05) is 6.61 Å². The fourth-order valence-corrected chi connectivity index (χ4v) is 2.47. The number of aryl methyl sites for hydroxylation is 1. The zero-order valence-electron chi connectivity index (χ0n) is 13.1. The van der Waals surface area contributed by atoms with Gasteiger partial charge in [0.15, 0.2) is 0 Å². The van der Waals surface area contributed by atoms with E-state index in [2.05, 4.69) is 30.5 Å². The van der Waals surface area contributed by atoms with Crippen LogP contribution in [-0.2, 0) is 6.54 Å². The summed E-state index contributed by atoms with van der Waals surface area (Å²) in [6, 6.07) is 10.1. The fourth-order valence-electron chi connectivity index (χ4n) is 2.47. The molecule has 1 aromatic heterocycles. The van der Waals surface area contributed by atoms with E-state index in [1.165, 1.54) is 0 Å². The number of aromatic nitrogens is 2. The van der Waals surface area contributed by atoms with Crippen molar-refractivity contribution in [2.24, 2.45) is 0 Å². The Labute approximate surface area is 126 Å². The first-order chi connectivity index (χ1) is 10.1. The van der Waals surface area contributed by atoms with Gasteiger partial charge < -0.3 is 10.4 Å². The third-order valence-corrected chi connectivity index (χ3v) is 3.88. The van der Waals surface area contributed by atoms with Crippen molar-refractivity contribution in [3.05, 3.63) is 47.8 Å². The van der Waals surface area contributed by atoms with Gasteiger partial charge in [-0.3, -0.25) is 0 Å². The van der Waals surface area contributed by atoms with Crippen LogP contribution in [0.4, 0.5) is 0 Å². The van der Waals surface area contributed by atoms with Crippen molar-refractivity contribution in [1.29, 1.82) is 0 Å². The molecule has 0 aliphatic heterocycles. The monoisotopic (exact) mass is 287 g/mol. The zero-order chi connectivity index (χ0) is 15.3. The highest BCUT2D eigenvalue weighted by molar-refractivity contribution is 5.32. The molecule has 1 unspecified atom stereocenters. The normalized spacial score (nSPS) is 14.1. The van der Waals surface area contributed by atoms with E-state index in [1.807, 2.05) is 41.9 Å². The minimum absolute atomic E-state index is 0.146. The van der Waals surface area contributed by atoms with E-state index in [0.717, 1.165) is 36.3 Å². The smallest absolute Gasteiger partial charge is 0.0645 e. The van der Waals surface area contributed by atoms with Gasteiger partial charge in [0.1, 0.15) is 0 Å². The lowest BCUT2D eigenvalue weighted by Crippen LogP contribution is -2.45. The summed E-state index contributed by atoms with van der Waals surface area (Å²) in [6.45, 7) is 7.08. The predicted molar refractivity (Wildman–Crippen MR) is 85.5 cm³/mol. The molecular formula is C17H25N3O. The van der Waals surface area contributed by atoms with E-state index in [-0.39, 0.29) is 12.1 Å². The Bertz CT molecular complexity index is 565. The molecule has 0 aliphatic carbocycles. The molecule has 1 atom stereocenters. The summed E-state index contributed by atoms with van der Waals surface area (Å²) in [6.07, 6.45) is 4.06. The first-order valence-corrected chi connectivity index (χ1v) is 7.54. The van der Waals surface area contributed by atoms with E-state index >= 15 is 0 Å².